The molecular formula is C11H15Cl2NO. The summed E-state index contributed by atoms with van der Waals surface area (Å²) in [7, 11) is 0. The highest BCUT2D eigenvalue weighted by atomic mass is 35.5. The first-order valence-corrected chi connectivity index (χ1v) is 5.64. The number of hydrogen-bond donors (Lipinski definition) is 2. The predicted molar refractivity (Wildman–Crippen MR) is 64.6 cm³/mol. The van der Waals surface area contributed by atoms with Gasteiger partial charge in [0.25, 0.3) is 0 Å². The number of benzene rings is 1. The van der Waals surface area contributed by atoms with Gasteiger partial charge in [-0.25, -0.2) is 0 Å². The Labute approximate surface area is 100.0 Å². The van der Waals surface area contributed by atoms with E-state index in [1.54, 1.807) is 6.07 Å². The molecule has 0 saturated heterocycles. The molecule has 0 amide bonds. The summed E-state index contributed by atoms with van der Waals surface area (Å²) in [4.78, 5) is 0. The van der Waals surface area contributed by atoms with Gasteiger partial charge in [0.2, 0.25) is 0 Å². The molecule has 3 N–H and O–H groups in total. The van der Waals surface area contributed by atoms with Crippen LogP contribution in [0.25, 0.3) is 0 Å². The van der Waals surface area contributed by atoms with Gasteiger partial charge >= 0.3 is 0 Å². The van der Waals surface area contributed by atoms with Crippen LogP contribution in [0.1, 0.15) is 24.8 Å². The average Bonchev–Trinajstić information content (AvgIpc) is 2.21. The van der Waals surface area contributed by atoms with Gasteiger partial charge in [-0.2, -0.15) is 0 Å². The van der Waals surface area contributed by atoms with Gasteiger partial charge in [-0.3, -0.25) is 0 Å². The van der Waals surface area contributed by atoms with Crippen molar-refractivity contribution < 1.29 is 5.11 Å². The zero-order valence-electron chi connectivity index (χ0n) is 8.58. The SMILES string of the molecule is CC(CC(O)CN)c1cccc(Cl)c1Cl. The van der Waals surface area contributed by atoms with E-state index in [0.29, 0.717) is 16.5 Å². The van der Waals surface area contributed by atoms with E-state index in [1.165, 1.54) is 0 Å². The molecule has 1 aromatic carbocycles. The lowest BCUT2D eigenvalue weighted by molar-refractivity contribution is 0.165. The normalized spacial score (nSPS) is 15.0. The fourth-order valence-electron chi connectivity index (χ4n) is 1.53. The van der Waals surface area contributed by atoms with Crippen LogP contribution in [0, 0.1) is 0 Å². The summed E-state index contributed by atoms with van der Waals surface area (Å²) in [6.07, 6.45) is 0.103. The van der Waals surface area contributed by atoms with Crippen molar-refractivity contribution in [1.29, 1.82) is 0 Å². The minimum absolute atomic E-state index is 0.148. The summed E-state index contributed by atoms with van der Waals surface area (Å²) >= 11 is 12.0. The van der Waals surface area contributed by atoms with Gasteiger partial charge in [-0.05, 0) is 24.0 Å². The van der Waals surface area contributed by atoms with Crippen molar-refractivity contribution in [1.82, 2.24) is 0 Å². The Balaban J connectivity index is 2.82. The van der Waals surface area contributed by atoms with Gasteiger partial charge in [-0.15, -0.1) is 0 Å². The Hall–Kier alpha value is -0.280. The molecular weight excluding hydrogens is 233 g/mol. The molecule has 0 aliphatic carbocycles. The van der Waals surface area contributed by atoms with Crippen LogP contribution < -0.4 is 5.73 Å². The Morgan fingerprint density at radius 1 is 1.40 bits per heavy atom. The van der Waals surface area contributed by atoms with Gasteiger partial charge in [0.05, 0.1) is 16.1 Å². The molecule has 84 valence electrons. The van der Waals surface area contributed by atoms with Crippen LogP contribution in [0.5, 0.6) is 0 Å². The molecule has 0 fully saturated rings. The molecule has 0 bridgehead atoms. The summed E-state index contributed by atoms with van der Waals surface area (Å²) in [6, 6.07) is 5.52. The molecule has 1 aromatic rings. The van der Waals surface area contributed by atoms with Crippen molar-refractivity contribution in [3.63, 3.8) is 0 Å². The maximum atomic E-state index is 9.45. The first-order valence-electron chi connectivity index (χ1n) is 4.88. The summed E-state index contributed by atoms with van der Waals surface area (Å²) in [5.74, 6) is 0.148. The highest BCUT2D eigenvalue weighted by Crippen LogP contribution is 2.32. The topological polar surface area (TPSA) is 46.2 Å². The predicted octanol–water partition coefficient (Wildman–Crippen LogP) is 2.81. The zero-order valence-corrected chi connectivity index (χ0v) is 10.1. The van der Waals surface area contributed by atoms with E-state index in [4.69, 9.17) is 28.9 Å². The van der Waals surface area contributed by atoms with Crippen molar-refractivity contribution in [3.8, 4) is 0 Å². The standard InChI is InChI=1S/C11H15Cl2NO/c1-7(5-8(15)6-14)9-3-2-4-10(12)11(9)13/h2-4,7-8,15H,5-6,14H2,1H3. The second-order valence-electron chi connectivity index (χ2n) is 3.67. The largest absolute Gasteiger partial charge is 0.392 e. The molecule has 0 spiro atoms. The first-order chi connectivity index (χ1) is 7.06. The summed E-state index contributed by atoms with van der Waals surface area (Å²) in [5.41, 5.74) is 6.31. The highest BCUT2D eigenvalue weighted by molar-refractivity contribution is 6.42. The Morgan fingerprint density at radius 2 is 2.07 bits per heavy atom. The lowest BCUT2D eigenvalue weighted by Gasteiger charge is -2.17. The summed E-state index contributed by atoms with van der Waals surface area (Å²) in [6.45, 7) is 2.26. The first kappa shape index (κ1) is 12.8. The minimum atomic E-state index is -0.491. The molecule has 1 rings (SSSR count). The number of halogens is 2. The van der Waals surface area contributed by atoms with Gasteiger partial charge in [0.15, 0.2) is 0 Å². The second-order valence-corrected chi connectivity index (χ2v) is 4.45. The summed E-state index contributed by atoms with van der Waals surface area (Å²) in [5, 5.41) is 10.6. The van der Waals surface area contributed by atoms with Crippen molar-refractivity contribution in [2.24, 2.45) is 5.73 Å². The van der Waals surface area contributed by atoms with Gasteiger partial charge in [0.1, 0.15) is 0 Å². The van der Waals surface area contributed by atoms with E-state index in [1.807, 2.05) is 19.1 Å². The molecule has 0 heterocycles. The smallest absolute Gasteiger partial charge is 0.0668 e. The van der Waals surface area contributed by atoms with Crippen molar-refractivity contribution in [2.45, 2.75) is 25.4 Å². The molecule has 2 unspecified atom stereocenters. The minimum Gasteiger partial charge on any atom is -0.392 e. The third-order valence-electron chi connectivity index (χ3n) is 2.41. The van der Waals surface area contributed by atoms with Crippen molar-refractivity contribution in [2.75, 3.05) is 6.54 Å². The highest BCUT2D eigenvalue weighted by Gasteiger charge is 2.14. The Morgan fingerprint density at radius 3 is 2.67 bits per heavy atom. The quantitative estimate of drug-likeness (QED) is 0.860. The van der Waals surface area contributed by atoms with Crippen LogP contribution in [0.3, 0.4) is 0 Å². The van der Waals surface area contributed by atoms with Crippen molar-refractivity contribution >= 4 is 23.2 Å². The van der Waals surface area contributed by atoms with Gasteiger partial charge < -0.3 is 10.8 Å². The van der Waals surface area contributed by atoms with Crippen LogP contribution in [0.4, 0.5) is 0 Å². The molecule has 4 heteroatoms. The van der Waals surface area contributed by atoms with E-state index in [0.717, 1.165) is 5.56 Å². The Kier molecular flexibility index (Phi) is 4.87. The molecule has 0 saturated carbocycles. The number of rotatable bonds is 4. The fraction of sp³-hybridized carbons (Fsp3) is 0.455. The maximum Gasteiger partial charge on any atom is 0.0668 e. The molecule has 15 heavy (non-hydrogen) atoms. The molecule has 2 nitrogen and oxygen atoms in total. The van der Waals surface area contributed by atoms with Crippen LogP contribution in [-0.4, -0.2) is 17.8 Å². The summed E-state index contributed by atoms with van der Waals surface area (Å²) < 4.78 is 0. The number of hydrogen-bond acceptors (Lipinski definition) is 2. The lowest BCUT2D eigenvalue weighted by atomic mass is 9.95. The average molecular weight is 248 g/mol. The maximum absolute atomic E-state index is 9.45. The van der Waals surface area contributed by atoms with E-state index < -0.39 is 6.10 Å². The monoisotopic (exact) mass is 247 g/mol. The van der Waals surface area contributed by atoms with Gasteiger partial charge in [-0.1, -0.05) is 42.3 Å². The molecule has 0 radical (unpaired) electrons. The fourth-order valence-corrected chi connectivity index (χ4v) is 2.03. The van der Waals surface area contributed by atoms with Gasteiger partial charge in [0, 0.05) is 6.54 Å². The Bertz CT molecular complexity index is 330. The van der Waals surface area contributed by atoms with Crippen LogP contribution in [-0.2, 0) is 0 Å². The van der Waals surface area contributed by atoms with Crippen molar-refractivity contribution in [3.05, 3.63) is 33.8 Å². The van der Waals surface area contributed by atoms with Crippen LogP contribution >= 0.6 is 23.2 Å². The van der Waals surface area contributed by atoms with E-state index in [2.05, 4.69) is 0 Å². The number of aliphatic hydroxyl groups excluding tert-OH is 1. The molecule has 0 aliphatic rings. The molecule has 0 aromatic heterocycles. The van der Waals surface area contributed by atoms with Crippen LogP contribution in [0.15, 0.2) is 18.2 Å². The number of nitrogens with two attached hydrogens (primary N) is 1. The van der Waals surface area contributed by atoms with E-state index in [9.17, 15) is 5.11 Å². The zero-order chi connectivity index (χ0) is 11.4. The third-order valence-corrected chi connectivity index (χ3v) is 3.24. The lowest BCUT2D eigenvalue weighted by Crippen LogP contribution is -2.21. The van der Waals surface area contributed by atoms with E-state index >= 15 is 0 Å². The molecule has 2 atom stereocenters. The second kappa shape index (κ2) is 5.71. The van der Waals surface area contributed by atoms with Crippen LogP contribution in [0.2, 0.25) is 10.0 Å². The van der Waals surface area contributed by atoms with E-state index in [-0.39, 0.29) is 12.5 Å². The third kappa shape index (κ3) is 3.35. The molecule has 0 aliphatic heterocycles. The number of aliphatic hydroxyl groups is 1.